The van der Waals surface area contributed by atoms with Gasteiger partial charge in [-0.25, -0.2) is 0 Å². The van der Waals surface area contributed by atoms with Crippen LogP contribution in [-0.4, -0.2) is 12.0 Å². The van der Waals surface area contributed by atoms with E-state index in [1.165, 1.54) is 0 Å². The molecule has 88 valence electrons. The van der Waals surface area contributed by atoms with Crippen LogP contribution >= 0.6 is 0 Å². The van der Waals surface area contributed by atoms with Crippen LogP contribution in [0.2, 0.25) is 0 Å². The third-order valence-corrected chi connectivity index (χ3v) is 2.54. The van der Waals surface area contributed by atoms with Gasteiger partial charge in [-0.2, -0.15) is 13.2 Å². The summed E-state index contributed by atoms with van der Waals surface area (Å²) in [7, 11) is 0. The summed E-state index contributed by atoms with van der Waals surface area (Å²) in [5.41, 5.74) is 2.07. The van der Waals surface area contributed by atoms with Gasteiger partial charge in [0.05, 0.1) is 6.42 Å². The summed E-state index contributed by atoms with van der Waals surface area (Å²) in [6.07, 6.45) is -5.81. The topological polar surface area (TPSA) is 17.1 Å². The lowest BCUT2D eigenvalue weighted by Crippen LogP contribution is -2.11. The number of benzene rings is 1. The fourth-order valence-corrected chi connectivity index (χ4v) is 1.44. The van der Waals surface area contributed by atoms with Crippen molar-refractivity contribution >= 4 is 5.78 Å². The van der Waals surface area contributed by atoms with Crippen molar-refractivity contribution in [1.82, 2.24) is 0 Å². The maximum absolute atomic E-state index is 12.0. The minimum Gasteiger partial charge on any atom is -0.294 e. The lowest BCUT2D eigenvalue weighted by Gasteiger charge is -2.08. The zero-order chi connectivity index (χ0) is 12.3. The number of aryl methyl sites for hydroxylation is 1. The van der Waals surface area contributed by atoms with Gasteiger partial charge in [-0.15, -0.1) is 0 Å². The first-order valence-electron chi connectivity index (χ1n) is 4.97. The number of rotatable bonds is 3. The quantitative estimate of drug-likeness (QED) is 0.721. The lowest BCUT2D eigenvalue weighted by atomic mass is 9.98. The van der Waals surface area contributed by atoms with Crippen molar-refractivity contribution in [2.45, 2.75) is 32.9 Å². The van der Waals surface area contributed by atoms with Gasteiger partial charge < -0.3 is 0 Å². The lowest BCUT2D eigenvalue weighted by molar-refractivity contribution is -0.133. The van der Waals surface area contributed by atoms with E-state index in [-0.39, 0.29) is 0 Å². The predicted molar refractivity (Wildman–Crippen MR) is 55.5 cm³/mol. The molecule has 0 fully saturated rings. The van der Waals surface area contributed by atoms with Crippen LogP contribution in [-0.2, 0) is 0 Å². The van der Waals surface area contributed by atoms with Gasteiger partial charge in [0.1, 0.15) is 0 Å². The van der Waals surface area contributed by atoms with E-state index >= 15 is 0 Å². The van der Waals surface area contributed by atoms with Crippen molar-refractivity contribution in [2.75, 3.05) is 0 Å². The van der Waals surface area contributed by atoms with E-state index in [1.54, 1.807) is 19.1 Å². The largest absolute Gasteiger partial charge is 0.389 e. The average Bonchev–Trinajstić information content (AvgIpc) is 2.17. The third-order valence-electron chi connectivity index (χ3n) is 2.54. The molecule has 0 bridgehead atoms. The molecule has 0 unspecified atom stereocenters. The second kappa shape index (κ2) is 4.68. The molecule has 0 atom stereocenters. The first-order valence-corrected chi connectivity index (χ1v) is 4.97. The summed E-state index contributed by atoms with van der Waals surface area (Å²) in [6, 6.07) is 5.08. The molecule has 0 spiro atoms. The van der Waals surface area contributed by atoms with Crippen LogP contribution in [0.15, 0.2) is 18.2 Å². The molecule has 0 aromatic heterocycles. The van der Waals surface area contributed by atoms with Crippen molar-refractivity contribution in [2.24, 2.45) is 0 Å². The maximum atomic E-state index is 12.0. The van der Waals surface area contributed by atoms with Gasteiger partial charge in [0.2, 0.25) is 0 Å². The second-order valence-corrected chi connectivity index (χ2v) is 3.79. The van der Waals surface area contributed by atoms with E-state index in [1.807, 2.05) is 13.0 Å². The molecule has 0 heterocycles. The second-order valence-electron chi connectivity index (χ2n) is 3.79. The number of Topliss-reactive ketones (excluding diaryl/α,β-unsaturated/α-hetero) is 1. The molecule has 4 heteroatoms. The van der Waals surface area contributed by atoms with Crippen LogP contribution in [0.4, 0.5) is 13.2 Å². The smallest absolute Gasteiger partial charge is 0.294 e. The highest BCUT2D eigenvalue weighted by molar-refractivity contribution is 5.97. The standard InChI is InChI=1S/C12H13F3O/c1-8-4-3-5-10(9(8)2)11(16)6-7-12(13,14)15/h3-5H,6-7H2,1-2H3. The van der Waals surface area contributed by atoms with Crippen LogP contribution in [0.25, 0.3) is 0 Å². The molecule has 0 saturated carbocycles. The normalized spacial score (nSPS) is 11.6. The molecule has 1 rings (SSSR count). The molecule has 16 heavy (non-hydrogen) atoms. The Morgan fingerprint density at radius 2 is 1.88 bits per heavy atom. The highest BCUT2D eigenvalue weighted by Gasteiger charge is 2.28. The number of alkyl halides is 3. The summed E-state index contributed by atoms with van der Waals surface area (Å²) in [5.74, 6) is -0.446. The van der Waals surface area contributed by atoms with Gasteiger partial charge in [-0.05, 0) is 25.0 Å². The molecule has 0 aliphatic heterocycles. The van der Waals surface area contributed by atoms with Gasteiger partial charge in [0.15, 0.2) is 5.78 Å². The molecular weight excluding hydrogens is 217 g/mol. The van der Waals surface area contributed by atoms with Crippen LogP contribution in [0.3, 0.4) is 0 Å². The first kappa shape index (κ1) is 12.7. The van der Waals surface area contributed by atoms with E-state index < -0.39 is 24.8 Å². The Bertz CT molecular complexity index is 394. The molecule has 1 aromatic carbocycles. The van der Waals surface area contributed by atoms with Crippen molar-refractivity contribution in [1.29, 1.82) is 0 Å². The number of ketones is 1. The van der Waals surface area contributed by atoms with E-state index in [4.69, 9.17) is 0 Å². The maximum Gasteiger partial charge on any atom is 0.389 e. The molecular formula is C12H13F3O. The zero-order valence-corrected chi connectivity index (χ0v) is 9.19. The van der Waals surface area contributed by atoms with Crippen molar-refractivity contribution in [3.8, 4) is 0 Å². The average molecular weight is 230 g/mol. The van der Waals surface area contributed by atoms with E-state index in [0.717, 1.165) is 11.1 Å². The van der Waals surface area contributed by atoms with Gasteiger partial charge >= 0.3 is 6.18 Å². The summed E-state index contributed by atoms with van der Waals surface area (Å²) in [5, 5.41) is 0. The number of carbonyl (C=O) groups is 1. The Hall–Kier alpha value is -1.32. The van der Waals surface area contributed by atoms with E-state index in [2.05, 4.69) is 0 Å². The summed E-state index contributed by atoms with van der Waals surface area (Å²) >= 11 is 0. The molecule has 0 N–H and O–H groups in total. The van der Waals surface area contributed by atoms with Gasteiger partial charge in [0, 0.05) is 12.0 Å². The Balaban J connectivity index is 2.78. The van der Waals surface area contributed by atoms with E-state index in [0.29, 0.717) is 5.56 Å². The van der Waals surface area contributed by atoms with Crippen molar-refractivity contribution < 1.29 is 18.0 Å². The van der Waals surface area contributed by atoms with Gasteiger partial charge in [-0.1, -0.05) is 18.2 Å². The Morgan fingerprint density at radius 3 is 2.44 bits per heavy atom. The molecule has 1 nitrogen and oxygen atoms in total. The molecule has 0 aliphatic rings. The number of carbonyl (C=O) groups excluding carboxylic acids is 1. The molecule has 0 aliphatic carbocycles. The van der Waals surface area contributed by atoms with Gasteiger partial charge in [0.25, 0.3) is 0 Å². The molecule has 0 amide bonds. The minimum atomic E-state index is -4.27. The fourth-order valence-electron chi connectivity index (χ4n) is 1.44. The van der Waals surface area contributed by atoms with Gasteiger partial charge in [-0.3, -0.25) is 4.79 Å². The van der Waals surface area contributed by atoms with Crippen LogP contribution in [0, 0.1) is 13.8 Å². The SMILES string of the molecule is Cc1cccc(C(=O)CCC(F)(F)F)c1C. The third kappa shape index (κ3) is 3.36. The zero-order valence-electron chi connectivity index (χ0n) is 9.19. The Morgan fingerprint density at radius 1 is 1.25 bits per heavy atom. The molecule has 1 aromatic rings. The van der Waals surface area contributed by atoms with Crippen LogP contribution in [0.5, 0.6) is 0 Å². The first-order chi connectivity index (χ1) is 7.31. The fraction of sp³-hybridized carbons (Fsp3) is 0.417. The van der Waals surface area contributed by atoms with Crippen molar-refractivity contribution in [3.63, 3.8) is 0 Å². The minimum absolute atomic E-state index is 0.393. The number of hydrogen-bond acceptors (Lipinski definition) is 1. The highest BCUT2D eigenvalue weighted by Crippen LogP contribution is 2.23. The summed E-state index contributed by atoms with van der Waals surface area (Å²) < 4.78 is 35.9. The predicted octanol–water partition coefficient (Wildman–Crippen LogP) is 3.83. The molecule has 0 radical (unpaired) electrons. The Kier molecular flexibility index (Phi) is 3.73. The number of hydrogen-bond donors (Lipinski definition) is 0. The van der Waals surface area contributed by atoms with Crippen LogP contribution in [0.1, 0.15) is 34.3 Å². The number of halogens is 3. The molecule has 0 saturated heterocycles. The summed E-state index contributed by atoms with van der Waals surface area (Å²) in [4.78, 5) is 11.6. The Labute approximate surface area is 92.3 Å². The van der Waals surface area contributed by atoms with Crippen molar-refractivity contribution in [3.05, 3.63) is 34.9 Å². The summed E-state index contributed by atoms with van der Waals surface area (Å²) in [6.45, 7) is 3.58. The monoisotopic (exact) mass is 230 g/mol. The van der Waals surface area contributed by atoms with Crippen LogP contribution < -0.4 is 0 Å². The highest BCUT2D eigenvalue weighted by atomic mass is 19.4. The van der Waals surface area contributed by atoms with E-state index in [9.17, 15) is 18.0 Å².